The van der Waals surface area contributed by atoms with E-state index in [-0.39, 0.29) is 11.9 Å². The van der Waals surface area contributed by atoms with Crippen LogP contribution in [0.15, 0.2) is 40.8 Å². The summed E-state index contributed by atoms with van der Waals surface area (Å²) in [5.74, 6) is 4.17. The van der Waals surface area contributed by atoms with Gasteiger partial charge in [-0.1, -0.05) is 19.1 Å². The Balaban J connectivity index is 1.31. The molecule has 1 aliphatic heterocycles. The van der Waals surface area contributed by atoms with Crippen molar-refractivity contribution in [2.45, 2.75) is 38.1 Å². The molecule has 0 bridgehead atoms. The topological polar surface area (TPSA) is 63.9 Å². The Morgan fingerprint density at radius 3 is 2.60 bits per heavy atom. The number of furan rings is 1. The van der Waals surface area contributed by atoms with Gasteiger partial charge >= 0.3 is 0 Å². The van der Waals surface area contributed by atoms with Gasteiger partial charge in [-0.2, -0.15) is 0 Å². The van der Waals surface area contributed by atoms with Crippen molar-refractivity contribution >= 4 is 5.91 Å². The fourth-order valence-electron chi connectivity index (χ4n) is 4.16. The third-order valence-electron chi connectivity index (χ3n) is 6.24. The highest BCUT2D eigenvalue weighted by Gasteiger charge is 2.36. The molecule has 2 fully saturated rings. The lowest BCUT2D eigenvalue weighted by Crippen LogP contribution is -2.43. The molecule has 6 nitrogen and oxygen atoms in total. The lowest BCUT2D eigenvalue weighted by Gasteiger charge is -2.35. The van der Waals surface area contributed by atoms with E-state index in [0.717, 1.165) is 49.5 Å². The summed E-state index contributed by atoms with van der Waals surface area (Å²) in [5.41, 5.74) is 1.17. The van der Waals surface area contributed by atoms with Crippen LogP contribution in [-0.2, 0) is 16.0 Å². The first-order valence-electron chi connectivity index (χ1n) is 10.9. The van der Waals surface area contributed by atoms with Crippen LogP contribution in [0.1, 0.15) is 48.8 Å². The zero-order valence-corrected chi connectivity index (χ0v) is 17.9. The minimum absolute atomic E-state index is 0.0551. The number of aryl methyl sites for hydroxylation is 1. The molecule has 30 heavy (non-hydrogen) atoms. The molecule has 4 rings (SSSR count). The van der Waals surface area contributed by atoms with Crippen LogP contribution >= 0.6 is 0 Å². The van der Waals surface area contributed by atoms with E-state index in [4.69, 9.17) is 13.9 Å². The van der Waals surface area contributed by atoms with Gasteiger partial charge in [-0.15, -0.1) is 0 Å². The van der Waals surface area contributed by atoms with E-state index >= 15 is 0 Å². The summed E-state index contributed by atoms with van der Waals surface area (Å²) in [6.07, 6.45) is 2.28. The van der Waals surface area contributed by atoms with E-state index in [0.29, 0.717) is 25.3 Å². The van der Waals surface area contributed by atoms with Gasteiger partial charge < -0.3 is 19.2 Å². The molecule has 1 saturated heterocycles. The van der Waals surface area contributed by atoms with Crippen molar-refractivity contribution in [3.63, 3.8) is 0 Å². The largest absolute Gasteiger partial charge is 0.497 e. The molecule has 2 aromatic rings. The number of carbonyl (C=O) groups is 1. The van der Waals surface area contributed by atoms with Gasteiger partial charge in [0.05, 0.1) is 26.4 Å². The molecule has 2 aliphatic rings. The number of nitrogens with zero attached hydrogens (tertiary/aromatic N) is 1. The van der Waals surface area contributed by atoms with Crippen LogP contribution in [0.25, 0.3) is 0 Å². The number of hydrogen-bond donors (Lipinski definition) is 1. The van der Waals surface area contributed by atoms with Gasteiger partial charge in [0, 0.05) is 38.4 Å². The minimum atomic E-state index is 0.0551. The molecule has 1 aliphatic carbocycles. The normalized spacial score (nSPS) is 22.5. The summed E-state index contributed by atoms with van der Waals surface area (Å²) >= 11 is 0. The Morgan fingerprint density at radius 2 is 1.93 bits per heavy atom. The number of benzene rings is 1. The smallest absolute Gasteiger partial charge is 0.220 e. The first-order valence-corrected chi connectivity index (χ1v) is 10.9. The van der Waals surface area contributed by atoms with Crippen LogP contribution in [0.2, 0.25) is 0 Å². The maximum absolute atomic E-state index is 12.5. The summed E-state index contributed by atoms with van der Waals surface area (Å²) in [6.45, 7) is 5.99. The second-order valence-corrected chi connectivity index (χ2v) is 8.36. The van der Waals surface area contributed by atoms with Gasteiger partial charge in [-0.3, -0.25) is 9.69 Å². The summed E-state index contributed by atoms with van der Waals surface area (Å²) in [7, 11) is 1.67. The molecule has 2 heterocycles. The Morgan fingerprint density at radius 1 is 1.20 bits per heavy atom. The average Bonchev–Trinajstić information content (AvgIpc) is 3.32. The number of ether oxygens (including phenoxy) is 2. The Labute approximate surface area is 178 Å². The van der Waals surface area contributed by atoms with Crippen molar-refractivity contribution in [3.05, 3.63) is 53.5 Å². The molecular formula is C24H32N2O4. The van der Waals surface area contributed by atoms with Crippen molar-refractivity contribution in [2.24, 2.45) is 5.92 Å². The lowest BCUT2D eigenvalue weighted by atomic mass is 10.0. The van der Waals surface area contributed by atoms with Crippen LogP contribution < -0.4 is 10.1 Å². The van der Waals surface area contributed by atoms with Gasteiger partial charge in [0.15, 0.2) is 0 Å². The number of rotatable bonds is 9. The quantitative estimate of drug-likeness (QED) is 0.683. The third-order valence-corrected chi connectivity index (χ3v) is 6.24. The standard InChI is InChI=1S/C24H32N2O4/c1-17-15-21(17)23-9-7-20(30-23)8-10-24(27)25-16-22(26-11-13-29-14-12-26)18-3-5-19(28-2)6-4-18/h3-7,9,17,21-22H,8,10-16H2,1-2H3,(H,25,27). The molecule has 1 aromatic carbocycles. The first kappa shape index (κ1) is 20.9. The van der Waals surface area contributed by atoms with E-state index in [1.54, 1.807) is 7.11 Å². The zero-order valence-electron chi connectivity index (χ0n) is 17.9. The zero-order chi connectivity index (χ0) is 20.9. The van der Waals surface area contributed by atoms with Crippen molar-refractivity contribution in [3.8, 4) is 5.75 Å². The average molecular weight is 413 g/mol. The Bertz CT molecular complexity index is 826. The molecule has 0 spiro atoms. The highest BCUT2D eigenvalue weighted by molar-refractivity contribution is 5.76. The lowest BCUT2D eigenvalue weighted by molar-refractivity contribution is -0.121. The molecule has 1 amide bonds. The molecule has 6 heteroatoms. The van der Waals surface area contributed by atoms with Crippen molar-refractivity contribution in [2.75, 3.05) is 40.0 Å². The van der Waals surface area contributed by atoms with E-state index in [2.05, 4.69) is 35.3 Å². The number of methoxy groups -OCH3 is 1. The maximum Gasteiger partial charge on any atom is 0.220 e. The van der Waals surface area contributed by atoms with Gasteiger partial charge in [0.2, 0.25) is 5.91 Å². The second-order valence-electron chi connectivity index (χ2n) is 8.36. The van der Waals surface area contributed by atoms with Gasteiger partial charge in [0.25, 0.3) is 0 Å². The highest BCUT2D eigenvalue weighted by Crippen LogP contribution is 2.47. The third kappa shape index (κ3) is 5.24. The van der Waals surface area contributed by atoms with Gasteiger partial charge in [-0.05, 0) is 42.2 Å². The van der Waals surface area contributed by atoms with E-state index < -0.39 is 0 Å². The molecule has 1 saturated carbocycles. The van der Waals surface area contributed by atoms with Crippen LogP contribution in [-0.4, -0.2) is 50.8 Å². The van der Waals surface area contributed by atoms with Crippen LogP contribution in [0.4, 0.5) is 0 Å². The number of morpholine rings is 1. The number of hydrogen-bond acceptors (Lipinski definition) is 5. The van der Waals surface area contributed by atoms with Gasteiger partial charge in [-0.25, -0.2) is 0 Å². The first-order chi connectivity index (χ1) is 14.6. The van der Waals surface area contributed by atoms with Crippen molar-refractivity contribution < 1.29 is 18.7 Å². The predicted octanol–water partition coefficient (Wildman–Crippen LogP) is 3.53. The molecule has 0 radical (unpaired) electrons. The molecule has 162 valence electrons. The molecule has 1 N–H and O–H groups in total. The predicted molar refractivity (Wildman–Crippen MR) is 115 cm³/mol. The van der Waals surface area contributed by atoms with Crippen LogP contribution in [0.5, 0.6) is 5.75 Å². The SMILES string of the molecule is COc1ccc(C(CNC(=O)CCc2ccc(C3CC3C)o2)N2CCOCC2)cc1. The van der Waals surface area contributed by atoms with Crippen molar-refractivity contribution in [1.82, 2.24) is 10.2 Å². The Kier molecular flexibility index (Phi) is 6.75. The fourth-order valence-corrected chi connectivity index (χ4v) is 4.16. The van der Waals surface area contributed by atoms with Crippen molar-refractivity contribution in [1.29, 1.82) is 0 Å². The molecule has 3 unspecified atom stereocenters. The minimum Gasteiger partial charge on any atom is -0.497 e. The van der Waals surface area contributed by atoms with E-state index in [1.807, 2.05) is 18.2 Å². The van der Waals surface area contributed by atoms with Crippen LogP contribution in [0.3, 0.4) is 0 Å². The summed E-state index contributed by atoms with van der Waals surface area (Å²) in [4.78, 5) is 14.9. The number of nitrogens with one attached hydrogen (secondary N) is 1. The summed E-state index contributed by atoms with van der Waals surface area (Å²) in [5, 5.41) is 3.13. The highest BCUT2D eigenvalue weighted by atomic mass is 16.5. The number of carbonyl (C=O) groups excluding carboxylic acids is 1. The number of amides is 1. The maximum atomic E-state index is 12.5. The monoisotopic (exact) mass is 412 g/mol. The molecular weight excluding hydrogens is 380 g/mol. The Hall–Kier alpha value is -2.31. The fraction of sp³-hybridized carbons (Fsp3) is 0.542. The second kappa shape index (κ2) is 9.67. The molecule has 1 aromatic heterocycles. The molecule has 3 atom stereocenters. The van der Waals surface area contributed by atoms with Crippen LogP contribution in [0, 0.1) is 5.92 Å². The van der Waals surface area contributed by atoms with Gasteiger partial charge in [0.1, 0.15) is 17.3 Å². The van der Waals surface area contributed by atoms with E-state index in [9.17, 15) is 4.79 Å². The van der Waals surface area contributed by atoms with E-state index in [1.165, 1.54) is 12.0 Å². The summed E-state index contributed by atoms with van der Waals surface area (Å²) in [6, 6.07) is 12.3. The summed E-state index contributed by atoms with van der Waals surface area (Å²) < 4.78 is 16.7.